The number of aliphatic hydroxyl groups excluding tert-OH is 1. The summed E-state index contributed by atoms with van der Waals surface area (Å²) in [7, 11) is 1.58. The minimum Gasteiger partial charge on any atom is -0.497 e. The highest BCUT2D eigenvalue weighted by atomic mass is 32.2. The molecule has 5 atom stereocenters. The Morgan fingerprint density at radius 1 is 1.36 bits per heavy atom. The van der Waals surface area contributed by atoms with Gasteiger partial charge in [0.2, 0.25) is 5.91 Å². The fourth-order valence-electron chi connectivity index (χ4n) is 5.65. The van der Waals surface area contributed by atoms with Crippen molar-refractivity contribution < 1.29 is 29.0 Å². The second kappa shape index (κ2) is 9.38. The normalized spacial score (nSPS) is 29.7. The third-order valence-electron chi connectivity index (χ3n) is 6.90. The van der Waals surface area contributed by atoms with Gasteiger partial charge in [0.1, 0.15) is 11.8 Å². The molecule has 0 saturated carbocycles. The topological polar surface area (TPSA) is 96.4 Å². The molecule has 3 aliphatic rings. The summed E-state index contributed by atoms with van der Waals surface area (Å²) in [5, 5.41) is 9.66. The number of rotatable bonds is 9. The number of amides is 2. The van der Waals surface area contributed by atoms with Crippen LogP contribution in [0.2, 0.25) is 0 Å². The monoisotopic (exact) mass is 474 g/mol. The fourth-order valence-corrected chi connectivity index (χ4v) is 7.85. The van der Waals surface area contributed by atoms with Crippen LogP contribution in [0.15, 0.2) is 36.9 Å². The molecule has 8 nitrogen and oxygen atoms in total. The lowest BCUT2D eigenvalue weighted by Gasteiger charge is -2.37. The molecule has 9 heteroatoms. The molecule has 1 N–H and O–H groups in total. The maximum absolute atomic E-state index is 14.1. The number of methoxy groups -OCH3 is 1. The average Bonchev–Trinajstić information content (AvgIpc) is 3.45. The maximum atomic E-state index is 14.1. The Morgan fingerprint density at radius 2 is 2.09 bits per heavy atom. The van der Waals surface area contributed by atoms with Gasteiger partial charge in [-0.3, -0.25) is 14.4 Å². The van der Waals surface area contributed by atoms with E-state index in [4.69, 9.17) is 9.47 Å². The standard InChI is InChI=1S/C24H30N2O6S/c1-4-12-25(15-6-8-16(31-3)9-7-15)22(29)20-24-11-10-17(33-24)18(23(30)32-5-2)19(24)21(28)26(20)13-14-27/h4,6-9,17-20,27H,1,5,10-14H2,2-3H3/t17-,18+,19-,20?,24?/m0/s1. The molecule has 1 aromatic rings. The first kappa shape index (κ1) is 23.6. The zero-order valence-electron chi connectivity index (χ0n) is 18.9. The van der Waals surface area contributed by atoms with Gasteiger partial charge in [-0.05, 0) is 44.0 Å². The van der Waals surface area contributed by atoms with E-state index >= 15 is 0 Å². The van der Waals surface area contributed by atoms with Gasteiger partial charge in [0.25, 0.3) is 5.91 Å². The number of nitrogens with zero attached hydrogens (tertiary/aromatic N) is 2. The summed E-state index contributed by atoms with van der Waals surface area (Å²) in [6.45, 7) is 5.83. The Kier molecular flexibility index (Phi) is 6.72. The number of anilines is 1. The molecule has 1 spiro atoms. The van der Waals surface area contributed by atoms with Crippen LogP contribution in [0.4, 0.5) is 5.69 Å². The second-order valence-electron chi connectivity index (χ2n) is 8.50. The molecule has 3 aliphatic heterocycles. The minimum absolute atomic E-state index is 0.0405. The maximum Gasteiger partial charge on any atom is 0.310 e. The van der Waals surface area contributed by atoms with Crippen LogP contribution in [0.25, 0.3) is 0 Å². The Hall–Kier alpha value is -2.52. The van der Waals surface area contributed by atoms with Crippen molar-refractivity contribution in [1.29, 1.82) is 0 Å². The average molecular weight is 475 g/mol. The number of β-amino-alcohol motifs (C(OH)–C–C–N with tert-alkyl or cyclic N) is 1. The first-order chi connectivity index (χ1) is 15.9. The quantitative estimate of drug-likeness (QED) is 0.431. The number of carbonyl (C=O) groups excluding carboxylic acids is 3. The van der Waals surface area contributed by atoms with Gasteiger partial charge >= 0.3 is 5.97 Å². The van der Waals surface area contributed by atoms with Crippen LogP contribution < -0.4 is 9.64 Å². The van der Waals surface area contributed by atoms with Crippen molar-refractivity contribution in [3.05, 3.63) is 36.9 Å². The summed E-state index contributed by atoms with van der Waals surface area (Å²) in [6, 6.07) is 6.36. The molecule has 1 aromatic carbocycles. The molecule has 2 bridgehead atoms. The predicted octanol–water partition coefficient (Wildman–Crippen LogP) is 1.86. The highest BCUT2D eigenvalue weighted by molar-refractivity contribution is 8.02. The minimum atomic E-state index is -0.779. The van der Waals surface area contributed by atoms with E-state index < -0.39 is 22.6 Å². The van der Waals surface area contributed by atoms with Crippen molar-refractivity contribution in [2.75, 3.05) is 38.3 Å². The van der Waals surface area contributed by atoms with Gasteiger partial charge in [-0.2, -0.15) is 0 Å². The van der Waals surface area contributed by atoms with E-state index in [0.29, 0.717) is 17.9 Å². The number of aliphatic hydroxyl groups is 1. The molecule has 2 amide bonds. The van der Waals surface area contributed by atoms with Gasteiger partial charge < -0.3 is 24.4 Å². The van der Waals surface area contributed by atoms with E-state index in [1.165, 1.54) is 4.90 Å². The molecule has 0 aliphatic carbocycles. The molecule has 178 valence electrons. The fraction of sp³-hybridized carbons (Fsp3) is 0.542. The Morgan fingerprint density at radius 3 is 2.70 bits per heavy atom. The highest BCUT2D eigenvalue weighted by Crippen LogP contribution is 2.66. The molecule has 3 heterocycles. The number of hydrogen-bond acceptors (Lipinski definition) is 7. The third kappa shape index (κ3) is 3.71. The summed E-state index contributed by atoms with van der Waals surface area (Å²) < 4.78 is 9.83. The van der Waals surface area contributed by atoms with Crippen molar-refractivity contribution in [1.82, 2.24) is 4.90 Å². The zero-order valence-corrected chi connectivity index (χ0v) is 19.8. The molecule has 3 saturated heterocycles. The van der Waals surface area contributed by atoms with Crippen LogP contribution in [-0.2, 0) is 19.1 Å². The molecular formula is C24H30N2O6S. The molecule has 0 aromatic heterocycles. The lowest BCUT2D eigenvalue weighted by atomic mass is 9.71. The van der Waals surface area contributed by atoms with Crippen molar-refractivity contribution in [3.8, 4) is 5.75 Å². The first-order valence-electron chi connectivity index (χ1n) is 11.3. The number of ether oxygens (including phenoxy) is 2. The molecule has 2 unspecified atom stereocenters. The summed E-state index contributed by atoms with van der Waals surface area (Å²) >= 11 is 1.58. The number of esters is 1. The van der Waals surface area contributed by atoms with Crippen LogP contribution in [-0.4, -0.2) is 77.2 Å². The first-order valence-corrected chi connectivity index (χ1v) is 12.1. The third-order valence-corrected chi connectivity index (χ3v) is 8.85. The van der Waals surface area contributed by atoms with Crippen molar-refractivity contribution in [2.24, 2.45) is 11.8 Å². The van der Waals surface area contributed by atoms with Crippen molar-refractivity contribution >= 4 is 35.2 Å². The van der Waals surface area contributed by atoms with Gasteiger partial charge in [0.05, 0.1) is 36.9 Å². The van der Waals surface area contributed by atoms with E-state index in [-0.39, 0.29) is 49.3 Å². The number of fused-ring (bicyclic) bond motifs is 1. The van der Waals surface area contributed by atoms with E-state index in [9.17, 15) is 19.5 Å². The summed E-state index contributed by atoms with van der Waals surface area (Å²) in [5.74, 6) is -1.37. The Balaban J connectivity index is 1.73. The van der Waals surface area contributed by atoms with Gasteiger partial charge in [0, 0.05) is 24.0 Å². The molecule has 4 rings (SSSR count). The van der Waals surface area contributed by atoms with Crippen LogP contribution >= 0.6 is 11.8 Å². The SMILES string of the molecule is C=CCN(C(=O)C1N(CCO)C(=O)[C@@H]2[C@H](C(=O)OCC)[C@@H]3CCC12S3)c1ccc(OC)cc1. The highest BCUT2D eigenvalue weighted by Gasteiger charge is 2.74. The van der Waals surface area contributed by atoms with Gasteiger partial charge in [-0.15, -0.1) is 18.3 Å². The van der Waals surface area contributed by atoms with E-state index in [1.54, 1.807) is 61.0 Å². The van der Waals surface area contributed by atoms with Crippen LogP contribution in [0.3, 0.4) is 0 Å². The second-order valence-corrected chi connectivity index (χ2v) is 10.1. The summed E-state index contributed by atoms with van der Waals surface area (Å²) in [5.41, 5.74) is 0.663. The molecule has 33 heavy (non-hydrogen) atoms. The van der Waals surface area contributed by atoms with Crippen LogP contribution in [0.1, 0.15) is 19.8 Å². The molecular weight excluding hydrogens is 444 g/mol. The Labute approximate surface area is 197 Å². The van der Waals surface area contributed by atoms with Crippen molar-refractivity contribution in [3.63, 3.8) is 0 Å². The largest absolute Gasteiger partial charge is 0.497 e. The van der Waals surface area contributed by atoms with E-state index in [1.807, 2.05) is 0 Å². The lowest BCUT2D eigenvalue weighted by molar-refractivity contribution is -0.153. The number of likely N-dealkylation sites (tertiary alicyclic amines) is 1. The van der Waals surface area contributed by atoms with Gasteiger partial charge in [-0.25, -0.2) is 0 Å². The van der Waals surface area contributed by atoms with E-state index in [0.717, 1.165) is 6.42 Å². The smallest absolute Gasteiger partial charge is 0.310 e. The molecule has 3 fully saturated rings. The van der Waals surface area contributed by atoms with Crippen LogP contribution in [0.5, 0.6) is 5.75 Å². The van der Waals surface area contributed by atoms with Crippen LogP contribution in [0, 0.1) is 11.8 Å². The predicted molar refractivity (Wildman–Crippen MR) is 125 cm³/mol. The number of thioether (sulfide) groups is 1. The van der Waals surface area contributed by atoms with Crippen molar-refractivity contribution in [2.45, 2.75) is 35.8 Å². The zero-order chi connectivity index (χ0) is 23.8. The van der Waals surface area contributed by atoms with Gasteiger partial charge in [0.15, 0.2) is 0 Å². The van der Waals surface area contributed by atoms with Gasteiger partial charge in [-0.1, -0.05) is 6.08 Å². The number of benzene rings is 1. The van der Waals surface area contributed by atoms with E-state index in [2.05, 4.69) is 6.58 Å². The number of hydrogen-bond donors (Lipinski definition) is 1. The summed E-state index contributed by atoms with van der Waals surface area (Å²) in [6.07, 6.45) is 3.06. The number of carbonyl (C=O) groups is 3. The lowest BCUT2D eigenvalue weighted by Crippen LogP contribution is -2.55. The summed E-state index contributed by atoms with van der Waals surface area (Å²) in [4.78, 5) is 43.6. The Bertz CT molecular complexity index is 937. The molecule has 0 radical (unpaired) electrons.